The van der Waals surface area contributed by atoms with Crippen LogP contribution < -0.4 is 4.74 Å². The lowest BCUT2D eigenvalue weighted by atomic mass is 9.58. The van der Waals surface area contributed by atoms with Crippen molar-refractivity contribution in [2.45, 2.75) is 46.0 Å². The Morgan fingerprint density at radius 2 is 2.22 bits per heavy atom. The normalized spacial score (nSPS) is 29.2. The van der Waals surface area contributed by atoms with Crippen molar-refractivity contribution < 1.29 is 9.53 Å². The molecule has 1 heterocycles. The molecule has 1 aromatic heterocycles. The van der Waals surface area contributed by atoms with Crippen LogP contribution in [0.2, 0.25) is 0 Å². The van der Waals surface area contributed by atoms with Crippen molar-refractivity contribution in [1.82, 2.24) is 9.97 Å². The summed E-state index contributed by atoms with van der Waals surface area (Å²) in [5.74, 6) is 1.24. The van der Waals surface area contributed by atoms with E-state index in [2.05, 4.69) is 23.0 Å². The molecule has 0 aliphatic heterocycles. The maximum absolute atomic E-state index is 12.4. The fourth-order valence-electron chi connectivity index (χ4n) is 4.10. The Kier molecular flexibility index (Phi) is 3.71. The van der Waals surface area contributed by atoms with Crippen molar-refractivity contribution in [3.8, 4) is 11.9 Å². The van der Waals surface area contributed by atoms with E-state index >= 15 is 0 Å². The van der Waals surface area contributed by atoms with Crippen LogP contribution in [0.1, 0.15) is 44.3 Å². The second kappa shape index (κ2) is 5.45. The van der Waals surface area contributed by atoms with Gasteiger partial charge in [-0.1, -0.05) is 19.9 Å². The number of carbonyl (C=O) groups excluding carboxylic acids is 1. The fourth-order valence-corrected chi connectivity index (χ4v) is 4.10. The minimum Gasteiger partial charge on any atom is -0.478 e. The van der Waals surface area contributed by atoms with Gasteiger partial charge in [0.15, 0.2) is 5.78 Å². The Labute approximate surface area is 136 Å². The van der Waals surface area contributed by atoms with Crippen molar-refractivity contribution >= 4 is 5.78 Å². The monoisotopic (exact) mass is 311 g/mol. The van der Waals surface area contributed by atoms with E-state index in [0.29, 0.717) is 18.3 Å². The quantitative estimate of drug-likeness (QED) is 0.839. The summed E-state index contributed by atoms with van der Waals surface area (Å²) in [5, 5.41) is 9.33. The summed E-state index contributed by atoms with van der Waals surface area (Å²) in [6.45, 7) is 8.35. The van der Waals surface area contributed by atoms with E-state index < -0.39 is 5.41 Å². The van der Waals surface area contributed by atoms with Gasteiger partial charge < -0.3 is 4.74 Å². The minimum atomic E-state index is -0.425. The van der Waals surface area contributed by atoms with Crippen molar-refractivity contribution in [1.29, 1.82) is 5.26 Å². The van der Waals surface area contributed by atoms with Gasteiger partial charge in [0.2, 0.25) is 5.88 Å². The van der Waals surface area contributed by atoms with Gasteiger partial charge in [0.05, 0.1) is 17.9 Å². The fraction of sp³-hybridized carbons (Fsp3) is 0.556. The standard InChI is InChI=1S/C18H21N3O2/c1-5-23-17-13-6-7-14-10(2)15(22)12(9-19)8-18(14,4)16(13)20-11(3)21-17/h8,10,14H,5-7H2,1-4H3/t10-,14-,18-/m0/s1. The van der Waals surface area contributed by atoms with Crippen LogP contribution in [-0.4, -0.2) is 22.4 Å². The van der Waals surface area contributed by atoms with Gasteiger partial charge >= 0.3 is 0 Å². The number of aryl methyl sites for hydroxylation is 1. The first-order chi connectivity index (χ1) is 10.9. The summed E-state index contributed by atoms with van der Waals surface area (Å²) in [6, 6.07) is 2.06. The Morgan fingerprint density at radius 3 is 2.87 bits per heavy atom. The van der Waals surface area contributed by atoms with Gasteiger partial charge in [-0.05, 0) is 32.6 Å². The molecule has 0 unspecified atom stereocenters. The molecule has 0 amide bonds. The van der Waals surface area contributed by atoms with Crippen molar-refractivity contribution in [2.75, 3.05) is 6.61 Å². The molecule has 2 aliphatic carbocycles. The average molecular weight is 311 g/mol. The molecule has 5 heteroatoms. The molecule has 120 valence electrons. The first-order valence-corrected chi connectivity index (χ1v) is 8.10. The van der Waals surface area contributed by atoms with E-state index in [9.17, 15) is 10.1 Å². The topological polar surface area (TPSA) is 75.9 Å². The van der Waals surface area contributed by atoms with E-state index in [1.165, 1.54) is 0 Å². The number of aromatic nitrogens is 2. The molecule has 23 heavy (non-hydrogen) atoms. The van der Waals surface area contributed by atoms with Gasteiger partial charge in [-0.3, -0.25) is 4.79 Å². The molecule has 0 fully saturated rings. The number of nitrogens with zero attached hydrogens (tertiary/aromatic N) is 3. The summed E-state index contributed by atoms with van der Waals surface area (Å²) in [6.07, 6.45) is 3.50. The number of fused-ring (bicyclic) bond motifs is 3. The molecule has 0 spiro atoms. The lowest BCUT2D eigenvalue weighted by Crippen LogP contribution is -2.46. The zero-order chi connectivity index (χ0) is 16.8. The zero-order valence-corrected chi connectivity index (χ0v) is 14.0. The van der Waals surface area contributed by atoms with Gasteiger partial charge in [-0.15, -0.1) is 0 Å². The average Bonchev–Trinajstić information content (AvgIpc) is 2.52. The summed E-state index contributed by atoms with van der Waals surface area (Å²) in [5.41, 5.74) is 1.76. The smallest absolute Gasteiger partial charge is 0.220 e. The molecule has 0 saturated heterocycles. The van der Waals surface area contributed by atoms with Gasteiger partial charge in [-0.2, -0.15) is 10.2 Å². The van der Waals surface area contributed by atoms with Gasteiger partial charge in [-0.25, -0.2) is 4.98 Å². The predicted octanol–water partition coefficient (Wildman–Crippen LogP) is 2.67. The van der Waals surface area contributed by atoms with Crippen LogP contribution in [0.3, 0.4) is 0 Å². The first-order valence-electron chi connectivity index (χ1n) is 8.10. The molecule has 3 rings (SSSR count). The van der Waals surface area contributed by atoms with E-state index in [0.717, 1.165) is 24.1 Å². The summed E-state index contributed by atoms with van der Waals surface area (Å²) in [7, 11) is 0. The van der Waals surface area contributed by atoms with E-state index in [4.69, 9.17) is 4.74 Å². The number of Topliss-reactive ketones (excluding diaryl/α,β-unsaturated/α-hetero) is 1. The number of carbonyl (C=O) groups is 1. The van der Waals surface area contributed by atoms with Crippen LogP contribution in [-0.2, 0) is 16.6 Å². The number of hydrogen-bond acceptors (Lipinski definition) is 5. The molecule has 0 saturated carbocycles. The Bertz CT molecular complexity index is 747. The number of rotatable bonds is 2. The highest BCUT2D eigenvalue weighted by molar-refractivity contribution is 6.02. The molecule has 2 aliphatic rings. The molecule has 3 atom stereocenters. The van der Waals surface area contributed by atoms with Crippen molar-refractivity contribution in [2.24, 2.45) is 11.8 Å². The Hall–Kier alpha value is -2.22. The van der Waals surface area contributed by atoms with E-state index in [1.807, 2.05) is 26.8 Å². The highest BCUT2D eigenvalue weighted by Crippen LogP contribution is 2.50. The molecule has 5 nitrogen and oxygen atoms in total. The minimum absolute atomic E-state index is 0.0470. The number of nitriles is 1. The van der Waals surface area contributed by atoms with Crippen molar-refractivity contribution in [3.05, 3.63) is 28.7 Å². The van der Waals surface area contributed by atoms with Crippen molar-refractivity contribution in [3.63, 3.8) is 0 Å². The Balaban J connectivity index is 2.24. The molecular formula is C18H21N3O2. The van der Waals surface area contributed by atoms with Crippen LogP contribution in [0.4, 0.5) is 0 Å². The summed E-state index contributed by atoms with van der Waals surface area (Å²) < 4.78 is 5.71. The number of ketones is 1. The second-order valence-corrected chi connectivity index (χ2v) is 6.59. The van der Waals surface area contributed by atoms with E-state index in [1.54, 1.807) is 0 Å². The number of hydrogen-bond donors (Lipinski definition) is 0. The third-order valence-corrected chi connectivity index (χ3v) is 5.20. The highest BCUT2D eigenvalue weighted by atomic mass is 16.5. The SMILES string of the molecule is CCOc1nc(C)nc2c1CC[C@H]1[C@H](C)C(=O)C(C#N)=C[C@]21C. The predicted molar refractivity (Wildman–Crippen MR) is 85.0 cm³/mol. The first kappa shape index (κ1) is 15.7. The van der Waals surface area contributed by atoms with Crippen LogP contribution >= 0.6 is 0 Å². The van der Waals surface area contributed by atoms with Gasteiger partial charge in [0.25, 0.3) is 0 Å². The van der Waals surface area contributed by atoms with E-state index in [-0.39, 0.29) is 23.2 Å². The summed E-state index contributed by atoms with van der Waals surface area (Å²) in [4.78, 5) is 21.5. The molecule has 0 N–H and O–H groups in total. The Morgan fingerprint density at radius 1 is 1.48 bits per heavy atom. The largest absolute Gasteiger partial charge is 0.478 e. The maximum atomic E-state index is 12.4. The number of ether oxygens (including phenoxy) is 1. The third-order valence-electron chi connectivity index (χ3n) is 5.20. The molecule has 0 aromatic carbocycles. The van der Waals surface area contributed by atoms with Crippen LogP contribution in [0, 0.1) is 30.1 Å². The van der Waals surface area contributed by atoms with Gasteiger partial charge in [0.1, 0.15) is 11.9 Å². The van der Waals surface area contributed by atoms with Crippen LogP contribution in [0.15, 0.2) is 11.6 Å². The third kappa shape index (κ3) is 2.24. The lowest BCUT2D eigenvalue weighted by molar-refractivity contribution is -0.121. The molecule has 1 aromatic rings. The molecule has 0 bridgehead atoms. The molecular weight excluding hydrogens is 290 g/mol. The zero-order valence-electron chi connectivity index (χ0n) is 14.0. The highest BCUT2D eigenvalue weighted by Gasteiger charge is 2.49. The lowest BCUT2D eigenvalue weighted by Gasteiger charge is -2.45. The molecule has 0 radical (unpaired) electrons. The van der Waals surface area contributed by atoms with Gasteiger partial charge in [0, 0.05) is 16.9 Å². The summed E-state index contributed by atoms with van der Waals surface area (Å²) >= 11 is 0. The number of allylic oxidation sites excluding steroid dienone is 2. The van der Waals surface area contributed by atoms with Crippen LogP contribution in [0.5, 0.6) is 5.88 Å². The maximum Gasteiger partial charge on any atom is 0.220 e. The second-order valence-electron chi connectivity index (χ2n) is 6.59. The van der Waals surface area contributed by atoms with Crippen LogP contribution in [0.25, 0.3) is 0 Å².